The average molecular weight is 314 g/mol. The molecule has 0 radical (unpaired) electrons. The first-order valence-electron chi connectivity index (χ1n) is 7.10. The lowest BCUT2D eigenvalue weighted by Crippen LogP contribution is -2.36. The molecule has 1 atom stereocenters. The molecular weight excluding hydrogens is 290 g/mol. The van der Waals surface area contributed by atoms with Crippen molar-refractivity contribution in [3.8, 4) is 0 Å². The number of alkyl halides is 1. The Hall–Kier alpha value is -0.350. The molecule has 3 nitrogen and oxygen atoms in total. The minimum Gasteiger partial charge on any atom is -0.297 e. The topological polar surface area (TPSA) is 21.1 Å². The van der Waals surface area contributed by atoms with Crippen molar-refractivity contribution < 1.29 is 0 Å². The molecule has 0 aromatic carbocycles. The molecule has 0 aliphatic carbocycles. The Bertz CT molecular complexity index is 375. The fourth-order valence-electron chi connectivity index (χ4n) is 2.74. The predicted molar refractivity (Wildman–Crippen MR) is 79.1 cm³/mol. The molecule has 0 amide bonds. The molecular formula is C14H24BrN3. The number of aryl methyl sites for hydroxylation is 2. The number of rotatable bonds is 5. The number of aromatic nitrogens is 2. The Morgan fingerprint density at radius 2 is 2.28 bits per heavy atom. The molecule has 1 aromatic rings. The maximum Gasteiger partial charge on any atom is 0.0625 e. The highest BCUT2D eigenvalue weighted by molar-refractivity contribution is 9.09. The Balaban J connectivity index is 2.01. The van der Waals surface area contributed by atoms with Crippen LogP contribution in [0.2, 0.25) is 0 Å². The summed E-state index contributed by atoms with van der Waals surface area (Å²) in [7, 11) is 0. The molecule has 102 valence electrons. The van der Waals surface area contributed by atoms with Gasteiger partial charge >= 0.3 is 0 Å². The van der Waals surface area contributed by atoms with Gasteiger partial charge in [0, 0.05) is 25.0 Å². The van der Waals surface area contributed by atoms with Crippen molar-refractivity contribution in [1.82, 2.24) is 14.7 Å². The highest BCUT2D eigenvalue weighted by Crippen LogP contribution is 2.20. The van der Waals surface area contributed by atoms with E-state index in [0.29, 0.717) is 0 Å². The summed E-state index contributed by atoms with van der Waals surface area (Å²) in [4.78, 5) is 2.58. The first-order chi connectivity index (χ1) is 8.76. The number of hydrogen-bond donors (Lipinski definition) is 0. The molecule has 18 heavy (non-hydrogen) atoms. The SMILES string of the molecule is CCc1cc(CN2CCCC(CBr)C2)n(CC)n1. The summed E-state index contributed by atoms with van der Waals surface area (Å²) in [6, 6.07) is 2.28. The smallest absolute Gasteiger partial charge is 0.0625 e. The Morgan fingerprint density at radius 1 is 1.44 bits per heavy atom. The second-order valence-corrected chi connectivity index (χ2v) is 5.84. The fourth-order valence-corrected chi connectivity index (χ4v) is 3.27. The third-order valence-electron chi connectivity index (χ3n) is 3.78. The molecule has 0 spiro atoms. The van der Waals surface area contributed by atoms with Gasteiger partial charge in [-0.2, -0.15) is 5.10 Å². The van der Waals surface area contributed by atoms with E-state index >= 15 is 0 Å². The standard InChI is InChI=1S/C14H24BrN3/c1-3-13-8-14(18(4-2)16-13)11-17-7-5-6-12(9-15)10-17/h8,12H,3-7,9-11H2,1-2H3. The number of piperidine rings is 1. The summed E-state index contributed by atoms with van der Waals surface area (Å²) in [5.41, 5.74) is 2.60. The van der Waals surface area contributed by atoms with Crippen molar-refractivity contribution >= 4 is 15.9 Å². The molecule has 4 heteroatoms. The fraction of sp³-hybridized carbons (Fsp3) is 0.786. The van der Waals surface area contributed by atoms with Crippen LogP contribution in [0.4, 0.5) is 0 Å². The van der Waals surface area contributed by atoms with Crippen LogP contribution in [0.25, 0.3) is 0 Å². The minimum atomic E-state index is 0.822. The molecule has 2 rings (SSSR count). The maximum atomic E-state index is 4.63. The zero-order chi connectivity index (χ0) is 13.0. The van der Waals surface area contributed by atoms with Crippen LogP contribution in [0.3, 0.4) is 0 Å². The Morgan fingerprint density at radius 3 is 2.94 bits per heavy atom. The maximum absolute atomic E-state index is 4.63. The van der Waals surface area contributed by atoms with E-state index in [9.17, 15) is 0 Å². The van der Waals surface area contributed by atoms with Crippen molar-refractivity contribution in [3.63, 3.8) is 0 Å². The number of likely N-dealkylation sites (tertiary alicyclic amines) is 1. The van der Waals surface area contributed by atoms with E-state index in [-0.39, 0.29) is 0 Å². The third-order valence-corrected chi connectivity index (χ3v) is 4.70. The minimum absolute atomic E-state index is 0.822. The van der Waals surface area contributed by atoms with Crippen molar-refractivity contribution in [2.45, 2.75) is 46.2 Å². The molecule has 0 saturated carbocycles. The molecule has 2 heterocycles. The summed E-state index contributed by atoms with van der Waals surface area (Å²) in [5.74, 6) is 0.822. The lowest BCUT2D eigenvalue weighted by atomic mass is 10.0. The quantitative estimate of drug-likeness (QED) is 0.779. The molecule has 1 aromatic heterocycles. The number of hydrogen-bond acceptors (Lipinski definition) is 2. The van der Waals surface area contributed by atoms with Gasteiger partial charge in [-0.1, -0.05) is 22.9 Å². The van der Waals surface area contributed by atoms with E-state index in [1.54, 1.807) is 0 Å². The van der Waals surface area contributed by atoms with Crippen molar-refractivity contribution in [1.29, 1.82) is 0 Å². The van der Waals surface area contributed by atoms with Gasteiger partial charge in [0.05, 0.1) is 11.4 Å². The number of halogens is 1. The molecule has 1 saturated heterocycles. The first-order valence-corrected chi connectivity index (χ1v) is 8.22. The zero-order valence-electron chi connectivity index (χ0n) is 11.5. The first kappa shape index (κ1) is 14.1. The van der Waals surface area contributed by atoms with Crippen LogP contribution in [0.5, 0.6) is 0 Å². The molecule has 1 aliphatic heterocycles. The second-order valence-electron chi connectivity index (χ2n) is 5.19. The van der Waals surface area contributed by atoms with E-state index in [1.807, 2.05) is 0 Å². The van der Waals surface area contributed by atoms with Crippen LogP contribution in [0, 0.1) is 5.92 Å². The van der Waals surface area contributed by atoms with Gasteiger partial charge in [0.2, 0.25) is 0 Å². The van der Waals surface area contributed by atoms with Crippen molar-refractivity contribution in [2.75, 3.05) is 18.4 Å². The van der Waals surface area contributed by atoms with Gasteiger partial charge in [-0.15, -0.1) is 0 Å². The van der Waals surface area contributed by atoms with E-state index in [4.69, 9.17) is 0 Å². The average Bonchev–Trinajstić information content (AvgIpc) is 2.81. The van der Waals surface area contributed by atoms with Crippen LogP contribution < -0.4 is 0 Å². The highest BCUT2D eigenvalue weighted by atomic mass is 79.9. The van der Waals surface area contributed by atoms with E-state index in [2.05, 4.69) is 50.5 Å². The lowest BCUT2D eigenvalue weighted by Gasteiger charge is -2.31. The van der Waals surface area contributed by atoms with E-state index in [0.717, 1.165) is 30.8 Å². The van der Waals surface area contributed by atoms with E-state index < -0.39 is 0 Å². The predicted octanol–water partition coefficient (Wildman–Crippen LogP) is 3.07. The summed E-state index contributed by atoms with van der Waals surface area (Å²) >= 11 is 3.62. The van der Waals surface area contributed by atoms with Gasteiger partial charge in [0.1, 0.15) is 0 Å². The Labute approximate surface area is 119 Å². The van der Waals surface area contributed by atoms with Gasteiger partial charge in [-0.05, 0) is 44.7 Å². The van der Waals surface area contributed by atoms with E-state index in [1.165, 1.54) is 37.3 Å². The summed E-state index contributed by atoms with van der Waals surface area (Å²) in [6.45, 7) is 8.85. The highest BCUT2D eigenvalue weighted by Gasteiger charge is 2.20. The van der Waals surface area contributed by atoms with Crippen LogP contribution in [0.15, 0.2) is 6.07 Å². The van der Waals surface area contributed by atoms with Gasteiger partial charge < -0.3 is 0 Å². The third kappa shape index (κ3) is 3.35. The van der Waals surface area contributed by atoms with Crippen molar-refractivity contribution in [2.24, 2.45) is 5.92 Å². The van der Waals surface area contributed by atoms with Gasteiger partial charge in [-0.3, -0.25) is 9.58 Å². The number of nitrogens with zero attached hydrogens (tertiary/aromatic N) is 3. The van der Waals surface area contributed by atoms with Gasteiger partial charge in [-0.25, -0.2) is 0 Å². The largest absolute Gasteiger partial charge is 0.297 e. The lowest BCUT2D eigenvalue weighted by molar-refractivity contribution is 0.175. The molecule has 1 aliphatic rings. The molecule has 1 fully saturated rings. The summed E-state index contributed by atoms with van der Waals surface area (Å²) in [5, 5.41) is 5.77. The zero-order valence-corrected chi connectivity index (χ0v) is 13.1. The van der Waals surface area contributed by atoms with Crippen LogP contribution in [0.1, 0.15) is 38.1 Å². The van der Waals surface area contributed by atoms with Crippen molar-refractivity contribution in [3.05, 3.63) is 17.5 Å². The van der Waals surface area contributed by atoms with Gasteiger partial charge in [0.15, 0.2) is 0 Å². The molecule has 1 unspecified atom stereocenters. The normalized spacial score (nSPS) is 21.4. The second kappa shape index (κ2) is 6.71. The van der Waals surface area contributed by atoms with Crippen LogP contribution >= 0.6 is 15.9 Å². The molecule has 0 N–H and O–H groups in total. The van der Waals surface area contributed by atoms with Gasteiger partial charge in [0.25, 0.3) is 0 Å². The van der Waals surface area contributed by atoms with Crippen LogP contribution in [-0.2, 0) is 19.5 Å². The Kier molecular flexibility index (Phi) is 5.25. The monoisotopic (exact) mass is 313 g/mol. The van der Waals surface area contributed by atoms with Crippen LogP contribution in [-0.4, -0.2) is 33.1 Å². The summed E-state index contributed by atoms with van der Waals surface area (Å²) < 4.78 is 2.16. The summed E-state index contributed by atoms with van der Waals surface area (Å²) in [6.07, 6.45) is 3.73. The molecule has 0 bridgehead atoms.